The van der Waals surface area contributed by atoms with Crippen molar-refractivity contribution >= 4 is 55.8 Å². The lowest BCUT2D eigenvalue weighted by Crippen LogP contribution is -2.52. The maximum absolute atomic E-state index is 11.5. The van der Waals surface area contributed by atoms with E-state index >= 15 is 0 Å². The Kier molecular flexibility index (Phi) is 6.68. The fourth-order valence-electron chi connectivity index (χ4n) is 4.51. The third kappa shape index (κ3) is 4.87. The van der Waals surface area contributed by atoms with Gasteiger partial charge < -0.3 is 30.2 Å². The lowest BCUT2D eigenvalue weighted by Gasteiger charge is -2.36. The molecule has 4 aliphatic heterocycles. The number of fused-ring (bicyclic) bond motifs is 2. The predicted molar refractivity (Wildman–Crippen MR) is 132 cm³/mol. The van der Waals surface area contributed by atoms with Crippen LogP contribution < -0.4 is 20.4 Å². The molecule has 4 saturated heterocycles. The molecule has 0 saturated carbocycles. The standard InChI is InChI=1S/2C10H12BrN5O/c2*11-7-3-12-9(13-4-7)15-1-2-16-8(6-15)5-14-10(16)17/h2*3-4,8H,1-2,5-6H2,(H,14,17)/t8-;/m1./s1. The van der Waals surface area contributed by atoms with Crippen LogP contribution in [-0.2, 0) is 0 Å². The van der Waals surface area contributed by atoms with Gasteiger partial charge in [-0.05, 0) is 31.9 Å². The molecule has 2 atom stereocenters. The van der Waals surface area contributed by atoms with E-state index in [4.69, 9.17) is 0 Å². The normalized spacial score (nSPS) is 23.6. The molecule has 4 fully saturated rings. The van der Waals surface area contributed by atoms with Crippen molar-refractivity contribution in [1.29, 1.82) is 0 Å². The van der Waals surface area contributed by atoms with Gasteiger partial charge in [-0.3, -0.25) is 0 Å². The van der Waals surface area contributed by atoms with E-state index in [-0.39, 0.29) is 24.1 Å². The van der Waals surface area contributed by atoms with E-state index in [0.29, 0.717) is 13.1 Å². The largest absolute Gasteiger partial charge is 0.337 e. The minimum Gasteiger partial charge on any atom is -0.337 e. The highest BCUT2D eigenvalue weighted by Crippen LogP contribution is 2.20. The summed E-state index contributed by atoms with van der Waals surface area (Å²) in [6, 6.07) is 0.574. The van der Waals surface area contributed by atoms with Gasteiger partial charge in [0.2, 0.25) is 11.9 Å². The Balaban J connectivity index is 0.000000142. The molecule has 14 heteroatoms. The summed E-state index contributed by atoms with van der Waals surface area (Å²) in [7, 11) is 0. The summed E-state index contributed by atoms with van der Waals surface area (Å²) in [5.74, 6) is 1.46. The number of nitrogens with one attached hydrogen (secondary N) is 2. The third-order valence-corrected chi connectivity index (χ3v) is 7.06. The molecule has 0 aromatic carbocycles. The molecule has 4 amide bonds. The van der Waals surface area contributed by atoms with Gasteiger partial charge in [0, 0.05) is 77.1 Å². The van der Waals surface area contributed by atoms with E-state index in [1.165, 1.54) is 0 Å². The fourth-order valence-corrected chi connectivity index (χ4v) is 4.92. The first-order valence-electron chi connectivity index (χ1n) is 11.0. The van der Waals surface area contributed by atoms with Crippen molar-refractivity contribution in [3.8, 4) is 0 Å². The van der Waals surface area contributed by atoms with Crippen molar-refractivity contribution in [2.75, 3.05) is 62.2 Å². The number of carbonyl (C=O) groups excluding carboxylic acids is 2. The first-order chi connectivity index (χ1) is 16.5. The van der Waals surface area contributed by atoms with Gasteiger partial charge in [-0.1, -0.05) is 0 Å². The van der Waals surface area contributed by atoms with E-state index in [0.717, 1.165) is 60.1 Å². The Morgan fingerprint density at radius 3 is 1.44 bits per heavy atom. The number of nitrogens with zero attached hydrogens (tertiary/aromatic N) is 8. The van der Waals surface area contributed by atoms with Gasteiger partial charge in [0.15, 0.2) is 0 Å². The lowest BCUT2D eigenvalue weighted by molar-refractivity contribution is 0.196. The molecule has 2 aromatic rings. The minimum absolute atomic E-state index is 0.0476. The first-order valence-corrected chi connectivity index (χ1v) is 12.6. The second-order valence-corrected chi connectivity index (χ2v) is 10.2. The molecule has 6 rings (SSSR count). The zero-order chi connectivity index (χ0) is 23.7. The van der Waals surface area contributed by atoms with Crippen molar-refractivity contribution < 1.29 is 9.59 Å². The molecular weight excluding hydrogens is 572 g/mol. The van der Waals surface area contributed by atoms with Crippen LogP contribution in [-0.4, -0.2) is 106 Å². The van der Waals surface area contributed by atoms with Gasteiger partial charge in [-0.25, -0.2) is 29.5 Å². The fraction of sp³-hybridized carbons (Fsp3) is 0.500. The Labute approximate surface area is 213 Å². The predicted octanol–water partition coefficient (Wildman–Crippen LogP) is 0.906. The summed E-state index contributed by atoms with van der Waals surface area (Å²) in [4.78, 5) is 48.0. The molecule has 1 unspecified atom stereocenters. The van der Waals surface area contributed by atoms with Crippen LogP contribution in [0.1, 0.15) is 0 Å². The van der Waals surface area contributed by atoms with Crippen LogP contribution in [0.25, 0.3) is 0 Å². The topological polar surface area (TPSA) is 123 Å². The first kappa shape index (κ1) is 23.0. The number of rotatable bonds is 2. The zero-order valence-corrected chi connectivity index (χ0v) is 21.4. The van der Waals surface area contributed by atoms with Crippen LogP contribution in [0.4, 0.5) is 21.5 Å². The number of amides is 4. The number of aromatic nitrogens is 4. The van der Waals surface area contributed by atoms with E-state index < -0.39 is 0 Å². The van der Waals surface area contributed by atoms with Gasteiger partial charge in [-0.15, -0.1) is 0 Å². The van der Waals surface area contributed by atoms with Crippen LogP contribution in [0, 0.1) is 0 Å². The molecule has 2 aromatic heterocycles. The molecule has 0 aliphatic carbocycles. The van der Waals surface area contributed by atoms with Gasteiger partial charge in [0.1, 0.15) is 0 Å². The van der Waals surface area contributed by atoms with Gasteiger partial charge >= 0.3 is 12.1 Å². The van der Waals surface area contributed by atoms with Crippen LogP contribution in [0.2, 0.25) is 0 Å². The Morgan fingerprint density at radius 1 is 0.676 bits per heavy atom. The Morgan fingerprint density at radius 2 is 1.06 bits per heavy atom. The number of anilines is 2. The number of hydrogen-bond donors (Lipinski definition) is 2. The molecule has 0 spiro atoms. The second-order valence-electron chi connectivity index (χ2n) is 8.36. The molecule has 0 radical (unpaired) electrons. The number of carbonyl (C=O) groups is 2. The monoisotopic (exact) mass is 594 g/mol. The number of halogens is 2. The van der Waals surface area contributed by atoms with Crippen molar-refractivity contribution in [3.63, 3.8) is 0 Å². The van der Waals surface area contributed by atoms with Crippen molar-refractivity contribution in [1.82, 2.24) is 40.4 Å². The number of hydrogen-bond acceptors (Lipinski definition) is 8. The molecule has 180 valence electrons. The van der Waals surface area contributed by atoms with Gasteiger partial charge in [0.05, 0.1) is 21.0 Å². The molecule has 0 bridgehead atoms. The quantitative estimate of drug-likeness (QED) is 0.525. The summed E-state index contributed by atoms with van der Waals surface area (Å²) >= 11 is 6.63. The Bertz CT molecular complexity index is 957. The molecule has 4 aliphatic rings. The van der Waals surface area contributed by atoms with Crippen molar-refractivity contribution in [3.05, 3.63) is 33.7 Å². The van der Waals surface area contributed by atoms with E-state index in [1.807, 2.05) is 9.80 Å². The molecule has 6 heterocycles. The molecule has 2 N–H and O–H groups in total. The van der Waals surface area contributed by atoms with Crippen LogP contribution in [0.15, 0.2) is 33.7 Å². The zero-order valence-electron chi connectivity index (χ0n) is 18.3. The smallest absolute Gasteiger partial charge is 0.317 e. The van der Waals surface area contributed by atoms with E-state index in [2.05, 4.69) is 72.2 Å². The summed E-state index contributed by atoms with van der Waals surface area (Å²) in [5.41, 5.74) is 0. The highest BCUT2D eigenvalue weighted by atomic mass is 79.9. The maximum atomic E-state index is 11.5. The number of piperazine rings is 2. The summed E-state index contributed by atoms with van der Waals surface area (Å²) < 4.78 is 1.75. The van der Waals surface area contributed by atoms with E-state index in [9.17, 15) is 9.59 Å². The summed E-state index contributed by atoms with van der Waals surface area (Å²) in [5, 5.41) is 5.71. The molecule has 34 heavy (non-hydrogen) atoms. The second kappa shape index (κ2) is 9.86. The highest BCUT2D eigenvalue weighted by molar-refractivity contribution is 9.10. The SMILES string of the molecule is O=C1NCC2CN(c3ncc(Br)cn3)CCN12.O=C1NC[C@@H]2CN(c3ncc(Br)cn3)CCN12. The van der Waals surface area contributed by atoms with Crippen LogP contribution in [0.3, 0.4) is 0 Å². The minimum atomic E-state index is 0.0476. The third-order valence-electron chi connectivity index (χ3n) is 6.24. The van der Waals surface area contributed by atoms with Crippen molar-refractivity contribution in [2.24, 2.45) is 0 Å². The van der Waals surface area contributed by atoms with Gasteiger partial charge in [0.25, 0.3) is 0 Å². The van der Waals surface area contributed by atoms with Crippen LogP contribution in [0.5, 0.6) is 0 Å². The van der Waals surface area contributed by atoms with E-state index in [1.54, 1.807) is 24.8 Å². The molecule has 12 nitrogen and oxygen atoms in total. The lowest BCUT2D eigenvalue weighted by atomic mass is 10.2. The van der Waals surface area contributed by atoms with Crippen molar-refractivity contribution in [2.45, 2.75) is 12.1 Å². The Hall–Kier alpha value is -2.74. The average molecular weight is 596 g/mol. The molecular formula is C20H24Br2N10O2. The van der Waals surface area contributed by atoms with Gasteiger partial charge in [-0.2, -0.15) is 0 Å². The van der Waals surface area contributed by atoms with Crippen LogP contribution >= 0.6 is 31.9 Å². The summed E-state index contributed by atoms with van der Waals surface area (Å²) in [6.45, 7) is 6.04. The average Bonchev–Trinajstić information content (AvgIpc) is 3.42. The highest BCUT2D eigenvalue weighted by Gasteiger charge is 2.37. The number of urea groups is 2. The maximum Gasteiger partial charge on any atom is 0.317 e. The summed E-state index contributed by atoms with van der Waals surface area (Å²) in [6.07, 6.45) is 6.97.